The van der Waals surface area contributed by atoms with E-state index < -0.39 is 36.2 Å². The number of amides is 1. The van der Waals surface area contributed by atoms with Gasteiger partial charge in [0.25, 0.3) is 5.91 Å². The smallest absolute Gasteiger partial charge is 0.293 e. The molecule has 0 bridgehead atoms. The molecule has 6 heteroatoms. The Hall–Kier alpha value is -2.05. The first-order chi connectivity index (χ1) is 9.06. The Morgan fingerprint density at radius 2 is 1.84 bits per heavy atom. The zero-order valence-corrected chi connectivity index (χ0v) is 10.1. The molecule has 0 spiro atoms. The Morgan fingerprint density at radius 3 is 2.42 bits per heavy atom. The van der Waals surface area contributed by atoms with Crippen molar-refractivity contribution in [2.75, 3.05) is 6.61 Å². The van der Waals surface area contributed by atoms with Crippen LogP contribution in [-0.4, -0.2) is 50.0 Å². The van der Waals surface area contributed by atoms with E-state index in [0.717, 1.165) is 10.5 Å². The van der Waals surface area contributed by atoms with Crippen LogP contribution < -0.4 is 0 Å². The number of nitrogens with zero attached hydrogens (tertiary/aromatic N) is 1. The van der Waals surface area contributed by atoms with Crippen LogP contribution in [0.2, 0.25) is 0 Å². The number of aliphatic hydroxyl groups is 4. The lowest BCUT2D eigenvalue weighted by molar-refractivity contribution is -0.132. The molecular weight excluding hydrogens is 250 g/mol. The number of carbonyl (C=O) groups is 1. The van der Waals surface area contributed by atoms with Gasteiger partial charge in [-0.15, -0.1) is 0 Å². The summed E-state index contributed by atoms with van der Waals surface area (Å²) < 4.78 is 0. The summed E-state index contributed by atoms with van der Waals surface area (Å²) in [7, 11) is 0. The van der Waals surface area contributed by atoms with Crippen LogP contribution in [0.25, 0.3) is 0 Å². The summed E-state index contributed by atoms with van der Waals surface area (Å²) in [6.45, 7) is -0.504. The van der Waals surface area contributed by atoms with E-state index in [9.17, 15) is 20.1 Å². The largest absolute Gasteiger partial charge is 0.506 e. The van der Waals surface area contributed by atoms with Crippen LogP contribution in [0.3, 0.4) is 0 Å². The molecule has 1 aromatic rings. The van der Waals surface area contributed by atoms with E-state index >= 15 is 0 Å². The van der Waals surface area contributed by atoms with E-state index in [0.29, 0.717) is 0 Å². The lowest BCUT2D eigenvalue weighted by Crippen LogP contribution is -2.44. The zero-order chi connectivity index (χ0) is 14.0. The van der Waals surface area contributed by atoms with Crippen molar-refractivity contribution in [1.29, 1.82) is 0 Å². The molecule has 0 aromatic heterocycles. The quantitative estimate of drug-likeness (QED) is 0.617. The molecule has 2 atom stereocenters. The molecule has 4 N–H and O–H groups in total. The third-order valence-corrected chi connectivity index (χ3v) is 3.07. The summed E-state index contributed by atoms with van der Waals surface area (Å²) in [4.78, 5) is 12.9. The van der Waals surface area contributed by atoms with E-state index in [-0.39, 0.29) is 6.54 Å². The summed E-state index contributed by atoms with van der Waals surface area (Å²) >= 11 is 0. The highest BCUT2D eigenvalue weighted by molar-refractivity contribution is 5.94. The molecule has 1 aromatic carbocycles. The van der Waals surface area contributed by atoms with E-state index in [2.05, 4.69) is 0 Å². The molecule has 1 heterocycles. The maximum Gasteiger partial charge on any atom is 0.293 e. The van der Waals surface area contributed by atoms with Crippen LogP contribution in [0.4, 0.5) is 0 Å². The zero-order valence-electron chi connectivity index (χ0n) is 10.1. The predicted octanol–water partition coefficient (Wildman–Crippen LogP) is 0.0782. The van der Waals surface area contributed by atoms with Crippen LogP contribution in [0.1, 0.15) is 5.56 Å². The molecule has 1 aliphatic rings. The van der Waals surface area contributed by atoms with Gasteiger partial charge in [0.05, 0.1) is 6.61 Å². The normalized spacial score (nSPS) is 21.1. The van der Waals surface area contributed by atoms with Crippen LogP contribution >= 0.6 is 0 Å². The number of rotatable bonds is 4. The molecule has 0 unspecified atom stereocenters. The van der Waals surface area contributed by atoms with Crippen LogP contribution in [0, 0.1) is 0 Å². The Bertz CT molecular complexity index is 499. The molecule has 6 nitrogen and oxygen atoms in total. The predicted molar refractivity (Wildman–Crippen MR) is 66.2 cm³/mol. The minimum atomic E-state index is -1.35. The van der Waals surface area contributed by atoms with Gasteiger partial charge >= 0.3 is 0 Å². The van der Waals surface area contributed by atoms with Gasteiger partial charge in [0.1, 0.15) is 12.1 Å². The van der Waals surface area contributed by atoms with Crippen molar-refractivity contribution in [2.45, 2.75) is 18.7 Å². The monoisotopic (exact) mass is 265 g/mol. The summed E-state index contributed by atoms with van der Waals surface area (Å²) in [6, 6.07) is 7.84. The molecular formula is C13H15NO5. The van der Waals surface area contributed by atoms with Gasteiger partial charge < -0.3 is 25.3 Å². The fourth-order valence-corrected chi connectivity index (χ4v) is 2.10. The minimum absolute atomic E-state index is 0.121. The van der Waals surface area contributed by atoms with E-state index in [1.54, 1.807) is 24.3 Å². The maximum atomic E-state index is 11.8. The first-order valence-corrected chi connectivity index (χ1v) is 5.82. The van der Waals surface area contributed by atoms with Crippen LogP contribution in [0.5, 0.6) is 0 Å². The van der Waals surface area contributed by atoms with Gasteiger partial charge in [-0.1, -0.05) is 30.3 Å². The lowest BCUT2D eigenvalue weighted by Gasteiger charge is -2.27. The van der Waals surface area contributed by atoms with E-state index in [4.69, 9.17) is 5.11 Å². The average Bonchev–Trinajstić information content (AvgIpc) is 2.64. The van der Waals surface area contributed by atoms with Crippen molar-refractivity contribution in [3.63, 3.8) is 0 Å². The van der Waals surface area contributed by atoms with Gasteiger partial charge in [-0.05, 0) is 5.56 Å². The molecule has 0 saturated heterocycles. The highest BCUT2D eigenvalue weighted by atomic mass is 16.3. The molecule has 0 radical (unpaired) electrons. The highest BCUT2D eigenvalue weighted by Gasteiger charge is 2.43. The lowest BCUT2D eigenvalue weighted by atomic mass is 10.1. The summed E-state index contributed by atoms with van der Waals surface area (Å²) in [5.74, 6) is -2.16. The second kappa shape index (κ2) is 5.29. The summed E-state index contributed by atoms with van der Waals surface area (Å²) in [5, 5.41) is 37.8. The van der Waals surface area contributed by atoms with Gasteiger partial charge in [-0.3, -0.25) is 4.79 Å². The number of carbonyl (C=O) groups excluding carboxylic acids is 1. The Morgan fingerprint density at radius 1 is 1.21 bits per heavy atom. The van der Waals surface area contributed by atoms with Crippen molar-refractivity contribution < 1.29 is 25.2 Å². The summed E-state index contributed by atoms with van der Waals surface area (Å²) in [5.41, 5.74) is 0.786. The summed E-state index contributed by atoms with van der Waals surface area (Å²) in [6.07, 6.45) is -1.35. The molecule has 102 valence electrons. The number of hydrogen-bond donors (Lipinski definition) is 4. The molecule has 1 aliphatic heterocycles. The topological polar surface area (TPSA) is 101 Å². The number of benzene rings is 1. The third-order valence-electron chi connectivity index (χ3n) is 3.07. The van der Waals surface area contributed by atoms with Gasteiger partial charge in [0, 0.05) is 6.54 Å². The van der Waals surface area contributed by atoms with Crippen molar-refractivity contribution >= 4 is 5.91 Å². The third kappa shape index (κ3) is 2.40. The molecule has 0 aliphatic carbocycles. The fraction of sp³-hybridized carbons (Fsp3) is 0.308. The van der Waals surface area contributed by atoms with Crippen LogP contribution in [0.15, 0.2) is 41.9 Å². The highest BCUT2D eigenvalue weighted by Crippen LogP contribution is 2.26. The second-order valence-electron chi connectivity index (χ2n) is 4.35. The van der Waals surface area contributed by atoms with Gasteiger partial charge in [-0.25, -0.2) is 0 Å². The fourth-order valence-electron chi connectivity index (χ4n) is 2.10. The van der Waals surface area contributed by atoms with Gasteiger partial charge in [0.2, 0.25) is 5.76 Å². The van der Waals surface area contributed by atoms with Crippen molar-refractivity contribution in [1.82, 2.24) is 4.90 Å². The Kier molecular flexibility index (Phi) is 3.73. The Balaban J connectivity index is 2.26. The molecule has 0 fully saturated rings. The molecule has 2 rings (SSSR count). The molecule has 0 saturated carbocycles. The number of hydrogen-bond acceptors (Lipinski definition) is 5. The van der Waals surface area contributed by atoms with Crippen LogP contribution in [-0.2, 0) is 11.3 Å². The second-order valence-corrected chi connectivity index (χ2v) is 4.35. The van der Waals surface area contributed by atoms with E-state index in [1.165, 1.54) is 0 Å². The maximum absolute atomic E-state index is 11.8. The first-order valence-electron chi connectivity index (χ1n) is 5.82. The van der Waals surface area contributed by atoms with Gasteiger partial charge in [-0.2, -0.15) is 0 Å². The Labute approximate surface area is 109 Å². The molecule has 19 heavy (non-hydrogen) atoms. The van der Waals surface area contributed by atoms with Crippen molar-refractivity contribution in [3.8, 4) is 0 Å². The van der Waals surface area contributed by atoms with E-state index in [1.807, 2.05) is 6.07 Å². The van der Waals surface area contributed by atoms with Gasteiger partial charge in [0.15, 0.2) is 5.76 Å². The molecule has 1 amide bonds. The standard InChI is InChI=1S/C13H15NO5/c15-7-9(16)10-11(17)12(18)13(19)14(10)6-8-4-2-1-3-5-8/h1-5,9-10,15-18H,6-7H2/t9-,10+/m1/s1. The first kappa shape index (κ1) is 13.4. The van der Waals surface area contributed by atoms with Crippen molar-refractivity contribution in [2.24, 2.45) is 0 Å². The number of aliphatic hydroxyl groups excluding tert-OH is 4. The average molecular weight is 265 g/mol. The SMILES string of the molecule is O=C1C(O)=C(O)[C@H]([C@H](O)CO)N1Cc1ccccc1. The minimum Gasteiger partial charge on any atom is -0.506 e. The van der Waals surface area contributed by atoms with Crippen molar-refractivity contribution in [3.05, 3.63) is 47.4 Å².